The van der Waals surface area contributed by atoms with E-state index in [1.807, 2.05) is 32.2 Å². The van der Waals surface area contributed by atoms with E-state index < -0.39 is 0 Å². The fourth-order valence-electron chi connectivity index (χ4n) is 1.92. The van der Waals surface area contributed by atoms with Crippen molar-refractivity contribution in [3.63, 3.8) is 0 Å². The molecule has 0 saturated heterocycles. The monoisotopic (exact) mass is 330 g/mol. The summed E-state index contributed by atoms with van der Waals surface area (Å²) in [4.78, 5) is 11.7. The van der Waals surface area contributed by atoms with E-state index in [9.17, 15) is 4.79 Å². The minimum Gasteiger partial charge on any atom is -0.493 e. The highest BCUT2D eigenvalue weighted by Gasteiger charge is 2.12. The topological polar surface area (TPSA) is 59.6 Å². The Balaban J connectivity index is 0.00000441. The normalized spacial score (nSPS) is 11.3. The summed E-state index contributed by atoms with van der Waals surface area (Å²) in [6.45, 7) is 5.35. The molecule has 0 spiro atoms. The van der Waals surface area contributed by atoms with E-state index in [2.05, 4.69) is 17.6 Å². The van der Waals surface area contributed by atoms with Gasteiger partial charge in [0.1, 0.15) is 0 Å². The number of carbonyl (C=O) groups excluding carboxylic acids is 1. The number of hydrogen-bond acceptors (Lipinski definition) is 4. The SMILES string of the molecule is CCCOc1ccc(C(C)NC(=O)CCNC)cc1OC.Cl. The van der Waals surface area contributed by atoms with Gasteiger partial charge in [0.2, 0.25) is 5.91 Å². The molecule has 1 amide bonds. The van der Waals surface area contributed by atoms with Crippen LogP contribution in [0, 0.1) is 0 Å². The number of halogens is 1. The van der Waals surface area contributed by atoms with Crippen molar-refractivity contribution in [2.45, 2.75) is 32.7 Å². The zero-order valence-corrected chi connectivity index (χ0v) is 14.6. The van der Waals surface area contributed by atoms with Crippen molar-refractivity contribution >= 4 is 18.3 Å². The Kier molecular flexibility index (Phi) is 10.4. The molecule has 0 bridgehead atoms. The summed E-state index contributed by atoms with van der Waals surface area (Å²) in [5, 5.41) is 5.93. The van der Waals surface area contributed by atoms with Crippen LogP contribution in [0.25, 0.3) is 0 Å². The van der Waals surface area contributed by atoms with Crippen LogP contribution in [0.4, 0.5) is 0 Å². The lowest BCUT2D eigenvalue weighted by molar-refractivity contribution is -0.121. The summed E-state index contributed by atoms with van der Waals surface area (Å²) < 4.78 is 11.0. The molecule has 2 N–H and O–H groups in total. The van der Waals surface area contributed by atoms with Crippen molar-refractivity contribution in [2.75, 3.05) is 27.3 Å². The third-order valence-electron chi connectivity index (χ3n) is 3.13. The molecule has 0 radical (unpaired) electrons. The molecule has 6 heteroatoms. The lowest BCUT2D eigenvalue weighted by Crippen LogP contribution is -2.29. The summed E-state index contributed by atoms with van der Waals surface area (Å²) in [6, 6.07) is 5.69. The van der Waals surface area contributed by atoms with E-state index >= 15 is 0 Å². The van der Waals surface area contributed by atoms with Crippen LogP contribution in [0.1, 0.15) is 38.3 Å². The van der Waals surface area contributed by atoms with Crippen molar-refractivity contribution in [3.8, 4) is 11.5 Å². The van der Waals surface area contributed by atoms with Crippen molar-refractivity contribution in [1.29, 1.82) is 0 Å². The first-order valence-corrected chi connectivity index (χ1v) is 7.37. The van der Waals surface area contributed by atoms with Crippen molar-refractivity contribution in [3.05, 3.63) is 23.8 Å². The van der Waals surface area contributed by atoms with Gasteiger partial charge in [-0.1, -0.05) is 13.0 Å². The molecule has 0 fully saturated rings. The summed E-state index contributed by atoms with van der Waals surface area (Å²) in [6.07, 6.45) is 1.42. The molecule has 1 unspecified atom stereocenters. The first-order chi connectivity index (χ1) is 10.1. The molecule has 0 aromatic heterocycles. The Morgan fingerprint density at radius 1 is 1.32 bits per heavy atom. The van der Waals surface area contributed by atoms with E-state index in [0.717, 1.165) is 17.7 Å². The summed E-state index contributed by atoms with van der Waals surface area (Å²) in [7, 11) is 3.45. The summed E-state index contributed by atoms with van der Waals surface area (Å²) >= 11 is 0. The molecule has 1 aromatic carbocycles. The Hall–Kier alpha value is -1.46. The molecule has 0 heterocycles. The maximum Gasteiger partial charge on any atom is 0.221 e. The number of carbonyl (C=O) groups is 1. The van der Waals surface area contributed by atoms with Gasteiger partial charge in [-0.3, -0.25) is 4.79 Å². The highest BCUT2D eigenvalue weighted by molar-refractivity contribution is 5.85. The molecule has 0 aliphatic heterocycles. The molecule has 1 atom stereocenters. The standard InChI is InChI=1S/C16H26N2O3.ClH/c1-5-10-21-14-7-6-13(11-15(14)20-4)12(2)18-16(19)8-9-17-3;/h6-7,11-12,17H,5,8-10H2,1-4H3,(H,18,19);1H. The van der Waals surface area contributed by atoms with Crippen molar-refractivity contribution < 1.29 is 14.3 Å². The van der Waals surface area contributed by atoms with Crippen LogP contribution in [0.3, 0.4) is 0 Å². The molecule has 22 heavy (non-hydrogen) atoms. The Morgan fingerprint density at radius 2 is 2.05 bits per heavy atom. The molecular weight excluding hydrogens is 304 g/mol. The highest BCUT2D eigenvalue weighted by Crippen LogP contribution is 2.30. The first-order valence-electron chi connectivity index (χ1n) is 7.37. The maximum atomic E-state index is 11.7. The predicted octanol–water partition coefficient (Wildman–Crippen LogP) is 2.69. The second kappa shape index (κ2) is 11.2. The molecule has 0 aliphatic rings. The molecular formula is C16H27ClN2O3. The van der Waals surface area contributed by atoms with E-state index in [1.54, 1.807) is 7.11 Å². The number of rotatable bonds is 9. The van der Waals surface area contributed by atoms with Crippen LogP contribution >= 0.6 is 12.4 Å². The number of methoxy groups -OCH3 is 1. The van der Waals surface area contributed by atoms with Gasteiger partial charge in [-0.05, 0) is 38.1 Å². The number of ether oxygens (including phenoxy) is 2. The van der Waals surface area contributed by atoms with Gasteiger partial charge in [0.25, 0.3) is 0 Å². The summed E-state index contributed by atoms with van der Waals surface area (Å²) in [5.41, 5.74) is 0.994. The van der Waals surface area contributed by atoms with Crippen LogP contribution in [-0.4, -0.2) is 33.2 Å². The van der Waals surface area contributed by atoms with E-state index in [1.165, 1.54) is 0 Å². The number of hydrogen-bond donors (Lipinski definition) is 2. The average Bonchev–Trinajstić information content (AvgIpc) is 2.50. The molecule has 1 aromatic rings. The quantitative estimate of drug-likeness (QED) is 0.731. The van der Waals surface area contributed by atoms with Gasteiger partial charge < -0.3 is 20.1 Å². The van der Waals surface area contributed by atoms with Gasteiger partial charge in [-0.25, -0.2) is 0 Å². The van der Waals surface area contributed by atoms with Crippen molar-refractivity contribution in [1.82, 2.24) is 10.6 Å². The smallest absolute Gasteiger partial charge is 0.221 e. The first kappa shape index (κ1) is 20.5. The Bertz CT molecular complexity index is 455. The zero-order chi connectivity index (χ0) is 15.7. The lowest BCUT2D eigenvalue weighted by Gasteiger charge is -2.17. The highest BCUT2D eigenvalue weighted by atomic mass is 35.5. The molecule has 0 aliphatic carbocycles. The van der Waals surface area contributed by atoms with Gasteiger partial charge in [0.15, 0.2) is 11.5 Å². The zero-order valence-electron chi connectivity index (χ0n) is 13.8. The van der Waals surface area contributed by atoms with Gasteiger partial charge >= 0.3 is 0 Å². The van der Waals surface area contributed by atoms with Crippen LogP contribution < -0.4 is 20.1 Å². The van der Waals surface area contributed by atoms with E-state index in [-0.39, 0.29) is 24.4 Å². The van der Waals surface area contributed by atoms with Crippen LogP contribution in [-0.2, 0) is 4.79 Å². The Morgan fingerprint density at radius 3 is 2.64 bits per heavy atom. The maximum absolute atomic E-state index is 11.7. The number of amides is 1. The minimum atomic E-state index is -0.0662. The van der Waals surface area contributed by atoms with Crippen LogP contribution in [0.15, 0.2) is 18.2 Å². The van der Waals surface area contributed by atoms with Gasteiger partial charge in [0, 0.05) is 13.0 Å². The third-order valence-corrected chi connectivity index (χ3v) is 3.13. The molecule has 0 saturated carbocycles. The number of nitrogens with one attached hydrogen (secondary N) is 2. The van der Waals surface area contributed by atoms with Crippen LogP contribution in [0.2, 0.25) is 0 Å². The fraction of sp³-hybridized carbons (Fsp3) is 0.562. The Labute approximate surface area is 139 Å². The molecule has 126 valence electrons. The van der Waals surface area contributed by atoms with Crippen LogP contribution in [0.5, 0.6) is 11.5 Å². The second-order valence-corrected chi connectivity index (χ2v) is 4.90. The average molecular weight is 331 g/mol. The van der Waals surface area contributed by atoms with E-state index in [4.69, 9.17) is 9.47 Å². The lowest BCUT2D eigenvalue weighted by atomic mass is 10.1. The predicted molar refractivity (Wildman–Crippen MR) is 91.1 cm³/mol. The summed E-state index contributed by atoms with van der Waals surface area (Å²) in [5.74, 6) is 1.45. The van der Waals surface area contributed by atoms with Gasteiger partial charge in [-0.15, -0.1) is 12.4 Å². The minimum absolute atomic E-state index is 0. The molecule has 1 rings (SSSR count). The van der Waals surface area contributed by atoms with Gasteiger partial charge in [0.05, 0.1) is 19.8 Å². The van der Waals surface area contributed by atoms with Gasteiger partial charge in [-0.2, -0.15) is 0 Å². The van der Waals surface area contributed by atoms with Crippen molar-refractivity contribution in [2.24, 2.45) is 0 Å². The second-order valence-electron chi connectivity index (χ2n) is 4.90. The fourth-order valence-corrected chi connectivity index (χ4v) is 1.92. The number of benzene rings is 1. The largest absolute Gasteiger partial charge is 0.493 e. The van der Waals surface area contributed by atoms with E-state index in [0.29, 0.717) is 25.3 Å². The molecule has 5 nitrogen and oxygen atoms in total. The third kappa shape index (κ3) is 6.54.